The summed E-state index contributed by atoms with van der Waals surface area (Å²) in [6.45, 7) is 0. The van der Waals surface area contributed by atoms with E-state index in [9.17, 15) is 8.78 Å². The summed E-state index contributed by atoms with van der Waals surface area (Å²) in [6, 6.07) is 1.18. The van der Waals surface area contributed by atoms with Gasteiger partial charge in [-0.15, -0.1) is 5.10 Å². The number of pyridine rings is 1. The van der Waals surface area contributed by atoms with Crippen molar-refractivity contribution in [3.63, 3.8) is 0 Å². The molecule has 78 valence electrons. The van der Waals surface area contributed by atoms with Crippen LogP contribution in [-0.4, -0.2) is 20.0 Å². The molecule has 0 atom stereocenters. The molecule has 2 N–H and O–H groups in total. The van der Waals surface area contributed by atoms with Gasteiger partial charge in [0.25, 0.3) is 6.43 Å². The molecule has 0 amide bonds. The Balaban J connectivity index is 2.44. The molecule has 0 bridgehead atoms. The normalized spacial score (nSPS) is 10.9. The zero-order chi connectivity index (χ0) is 10.8. The van der Waals surface area contributed by atoms with Gasteiger partial charge in [-0.2, -0.15) is 0 Å². The van der Waals surface area contributed by atoms with Crippen LogP contribution in [-0.2, 0) is 0 Å². The van der Waals surface area contributed by atoms with Crippen molar-refractivity contribution < 1.29 is 8.78 Å². The maximum Gasteiger partial charge on any atom is 0.265 e. The van der Waals surface area contributed by atoms with Crippen LogP contribution >= 0.6 is 0 Å². The second-order valence-electron chi connectivity index (χ2n) is 2.83. The third kappa shape index (κ3) is 1.76. The number of nitrogens with zero attached hydrogens (tertiary/aromatic N) is 4. The van der Waals surface area contributed by atoms with Crippen molar-refractivity contribution in [2.75, 3.05) is 5.73 Å². The number of hydrogen-bond acceptors (Lipinski definition) is 4. The fourth-order valence-electron chi connectivity index (χ4n) is 1.12. The molecule has 0 aromatic carbocycles. The van der Waals surface area contributed by atoms with Crippen LogP contribution in [0.1, 0.15) is 12.0 Å². The van der Waals surface area contributed by atoms with Crippen LogP contribution in [0.2, 0.25) is 0 Å². The van der Waals surface area contributed by atoms with Crippen molar-refractivity contribution >= 4 is 5.69 Å². The molecule has 7 heteroatoms. The van der Waals surface area contributed by atoms with Gasteiger partial charge < -0.3 is 5.73 Å². The lowest BCUT2D eigenvalue weighted by Gasteiger charge is -2.05. The molecule has 2 rings (SSSR count). The number of aromatic nitrogens is 4. The summed E-state index contributed by atoms with van der Waals surface area (Å²) in [4.78, 5) is 3.80. The van der Waals surface area contributed by atoms with Crippen LogP contribution in [0.15, 0.2) is 24.7 Å². The summed E-state index contributed by atoms with van der Waals surface area (Å²) in [5, 5.41) is 7.22. The molecule has 0 spiro atoms. The number of hydrogen-bond donors (Lipinski definition) is 1. The monoisotopic (exact) mass is 211 g/mol. The van der Waals surface area contributed by atoms with Crippen molar-refractivity contribution in [3.8, 4) is 5.82 Å². The second-order valence-corrected chi connectivity index (χ2v) is 2.83. The van der Waals surface area contributed by atoms with Crippen molar-refractivity contribution in [1.82, 2.24) is 20.0 Å². The minimum atomic E-state index is -2.58. The Kier molecular flexibility index (Phi) is 2.28. The van der Waals surface area contributed by atoms with E-state index < -0.39 is 6.43 Å². The number of halogens is 2. The molecule has 15 heavy (non-hydrogen) atoms. The number of rotatable bonds is 2. The quantitative estimate of drug-likeness (QED) is 0.809. The van der Waals surface area contributed by atoms with Gasteiger partial charge in [0.15, 0.2) is 5.82 Å². The van der Waals surface area contributed by atoms with Gasteiger partial charge in [0.2, 0.25) is 0 Å². The average Bonchev–Trinajstić information content (AvgIpc) is 2.70. The van der Waals surface area contributed by atoms with E-state index in [-0.39, 0.29) is 17.1 Å². The van der Waals surface area contributed by atoms with Crippen LogP contribution in [0.5, 0.6) is 0 Å². The highest BCUT2D eigenvalue weighted by Crippen LogP contribution is 2.22. The van der Waals surface area contributed by atoms with Gasteiger partial charge >= 0.3 is 0 Å². The molecule has 2 aromatic rings. The first-order valence-corrected chi connectivity index (χ1v) is 4.08. The highest BCUT2D eigenvalue weighted by atomic mass is 19.3. The van der Waals surface area contributed by atoms with E-state index in [2.05, 4.69) is 15.3 Å². The first kappa shape index (κ1) is 9.50. The van der Waals surface area contributed by atoms with Crippen LogP contribution in [0, 0.1) is 0 Å². The standard InChI is InChI=1S/C8H7F2N5/c9-7(10)5-3-6(11)8(12-4-5)15-2-1-13-14-15/h1-4,7H,11H2. The van der Waals surface area contributed by atoms with Crippen LogP contribution in [0.3, 0.4) is 0 Å². The zero-order valence-electron chi connectivity index (χ0n) is 7.51. The highest BCUT2D eigenvalue weighted by molar-refractivity contribution is 5.53. The SMILES string of the molecule is Nc1cc(C(F)F)cnc1-n1ccnn1. The van der Waals surface area contributed by atoms with Gasteiger partial charge in [-0.05, 0) is 6.07 Å². The predicted octanol–water partition coefficient (Wildman–Crippen LogP) is 1.18. The van der Waals surface area contributed by atoms with Gasteiger partial charge in [-0.1, -0.05) is 5.21 Å². The molecule has 0 aliphatic rings. The topological polar surface area (TPSA) is 69.6 Å². The van der Waals surface area contributed by atoms with Crippen LogP contribution in [0.25, 0.3) is 5.82 Å². The summed E-state index contributed by atoms with van der Waals surface area (Å²) in [6.07, 6.45) is 1.46. The number of alkyl halides is 2. The Morgan fingerprint density at radius 1 is 1.40 bits per heavy atom. The van der Waals surface area contributed by atoms with Crippen molar-refractivity contribution in [2.24, 2.45) is 0 Å². The first-order chi connectivity index (χ1) is 7.18. The van der Waals surface area contributed by atoms with Gasteiger partial charge in [-0.25, -0.2) is 18.4 Å². The molecule has 0 saturated carbocycles. The molecule has 0 unspecified atom stereocenters. The van der Waals surface area contributed by atoms with E-state index in [4.69, 9.17) is 5.73 Å². The maximum absolute atomic E-state index is 12.3. The highest BCUT2D eigenvalue weighted by Gasteiger charge is 2.11. The molecular weight excluding hydrogens is 204 g/mol. The summed E-state index contributed by atoms with van der Waals surface area (Å²) in [7, 11) is 0. The molecule has 0 saturated heterocycles. The van der Waals surface area contributed by atoms with E-state index in [1.165, 1.54) is 23.1 Å². The predicted molar refractivity (Wildman–Crippen MR) is 48.5 cm³/mol. The number of nitrogen functional groups attached to an aromatic ring is 1. The molecule has 2 aromatic heterocycles. The Morgan fingerprint density at radius 3 is 2.73 bits per heavy atom. The Bertz CT molecular complexity index is 454. The van der Waals surface area contributed by atoms with Crippen molar-refractivity contribution in [3.05, 3.63) is 30.2 Å². The van der Waals surface area contributed by atoms with Gasteiger partial charge in [0.05, 0.1) is 18.1 Å². The van der Waals surface area contributed by atoms with E-state index in [0.29, 0.717) is 0 Å². The smallest absolute Gasteiger partial charge is 0.265 e. The Morgan fingerprint density at radius 2 is 2.20 bits per heavy atom. The zero-order valence-corrected chi connectivity index (χ0v) is 7.51. The van der Waals surface area contributed by atoms with Crippen LogP contribution in [0.4, 0.5) is 14.5 Å². The van der Waals surface area contributed by atoms with E-state index in [1.54, 1.807) is 0 Å². The third-order valence-corrected chi connectivity index (χ3v) is 1.81. The maximum atomic E-state index is 12.3. The lowest BCUT2D eigenvalue weighted by molar-refractivity contribution is 0.151. The molecule has 2 heterocycles. The largest absolute Gasteiger partial charge is 0.396 e. The number of anilines is 1. The fourth-order valence-corrected chi connectivity index (χ4v) is 1.12. The minimum Gasteiger partial charge on any atom is -0.396 e. The van der Waals surface area contributed by atoms with Gasteiger partial charge in [0.1, 0.15) is 0 Å². The molecule has 0 aliphatic carbocycles. The number of nitrogens with two attached hydrogens (primary N) is 1. The first-order valence-electron chi connectivity index (χ1n) is 4.08. The van der Waals surface area contributed by atoms with E-state index >= 15 is 0 Å². The van der Waals surface area contributed by atoms with Gasteiger partial charge in [0, 0.05) is 11.8 Å². The van der Waals surface area contributed by atoms with Crippen LogP contribution < -0.4 is 5.73 Å². The Hall–Kier alpha value is -2.05. The lowest BCUT2D eigenvalue weighted by Crippen LogP contribution is -2.04. The lowest BCUT2D eigenvalue weighted by atomic mass is 10.2. The molecule has 0 fully saturated rings. The Labute approximate surface area is 83.5 Å². The van der Waals surface area contributed by atoms with Crippen molar-refractivity contribution in [2.45, 2.75) is 6.43 Å². The fraction of sp³-hybridized carbons (Fsp3) is 0.125. The molecule has 5 nitrogen and oxygen atoms in total. The van der Waals surface area contributed by atoms with E-state index in [1.807, 2.05) is 0 Å². The van der Waals surface area contributed by atoms with Crippen molar-refractivity contribution in [1.29, 1.82) is 0 Å². The third-order valence-electron chi connectivity index (χ3n) is 1.81. The summed E-state index contributed by atoms with van der Waals surface area (Å²) in [5.74, 6) is 0.289. The average molecular weight is 211 g/mol. The van der Waals surface area contributed by atoms with E-state index in [0.717, 1.165) is 6.20 Å². The minimum absolute atomic E-state index is 0.137. The molecular formula is C8H7F2N5. The molecule has 0 aliphatic heterocycles. The molecule has 0 radical (unpaired) electrons. The summed E-state index contributed by atoms with van der Waals surface area (Å²) in [5.41, 5.74) is 5.49. The van der Waals surface area contributed by atoms with Gasteiger partial charge in [-0.3, -0.25) is 0 Å². The second kappa shape index (κ2) is 3.60. The summed E-state index contributed by atoms with van der Waals surface area (Å²) < 4.78 is 25.9. The summed E-state index contributed by atoms with van der Waals surface area (Å²) >= 11 is 0.